The van der Waals surface area contributed by atoms with E-state index in [0.29, 0.717) is 0 Å². The van der Waals surface area contributed by atoms with E-state index in [4.69, 9.17) is 0 Å². The topological polar surface area (TPSA) is 50.2 Å². The Balaban J connectivity index is 1.42. The summed E-state index contributed by atoms with van der Waals surface area (Å²) in [5.41, 5.74) is 2.75. The Labute approximate surface area is 168 Å². The zero-order chi connectivity index (χ0) is 19.5. The second-order valence-electron chi connectivity index (χ2n) is 8.41. The molecule has 2 aromatic heterocycles. The first-order valence-electron chi connectivity index (χ1n) is 10.8. The van der Waals surface area contributed by atoms with Crippen molar-refractivity contribution >= 4 is 5.91 Å². The largest absolute Gasteiger partial charge is 0.348 e. The average Bonchev–Trinajstić information content (AvgIpc) is 3.15. The molecule has 28 heavy (non-hydrogen) atoms. The number of aromatic nitrogens is 2. The molecule has 0 aromatic carbocycles. The van der Waals surface area contributed by atoms with Crippen molar-refractivity contribution in [3.05, 3.63) is 47.4 Å². The fraction of sp³-hybridized carbons (Fsp3) is 0.565. The molecule has 150 valence electrons. The highest BCUT2D eigenvalue weighted by Crippen LogP contribution is 2.25. The summed E-state index contributed by atoms with van der Waals surface area (Å²) >= 11 is 0. The summed E-state index contributed by atoms with van der Waals surface area (Å²) in [4.78, 5) is 20.1. The molecule has 3 heterocycles. The molecule has 5 nitrogen and oxygen atoms in total. The summed E-state index contributed by atoms with van der Waals surface area (Å²) in [5.74, 6) is 0.903. The summed E-state index contributed by atoms with van der Waals surface area (Å²) < 4.78 is 2.06. The van der Waals surface area contributed by atoms with Crippen LogP contribution in [0.5, 0.6) is 0 Å². The van der Waals surface area contributed by atoms with E-state index in [-0.39, 0.29) is 11.9 Å². The van der Waals surface area contributed by atoms with Crippen LogP contribution in [0.4, 0.5) is 0 Å². The van der Waals surface area contributed by atoms with Crippen molar-refractivity contribution in [2.45, 2.75) is 70.9 Å². The van der Waals surface area contributed by atoms with Gasteiger partial charge in [0, 0.05) is 42.8 Å². The van der Waals surface area contributed by atoms with Crippen LogP contribution in [-0.2, 0) is 0 Å². The number of hydrogen-bond acceptors (Lipinski definition) is 3. The van der Waals surface area contributed by atoms with Crippen molar-refractivity contribution in [1.29, 1.82) is 0 Å². The number of rotatable bonds is 4. The number of hydrogen-bond donors (Lipinski definition) is 1. The van der Waals surface area contributed by atoms with E-state index < -0.39 is 0 Å². The fourth-order valence-electron chi connectivity index (χ4n) is 4.95. The Morgan fingerprint density at radius 2 is 1.89 bits per heavy atom. The maximum atomic E-state index is 13.0. The van der Waals surface area contributed by atoms with Crippen LogP contribution < -0.4 is 5.32 Å². The number of nitrogens with one attached hydrogen (secondary N) is 1. The molecule has 1 aliphatic heterocycles. The molecule has 1 atom stereocenters. The van der Waals surface area contributed by atoms with Crippen LogP contribution in [0.2, 0.25) is 0 Å². The molecular formula is C23H32N4O. The molecule has 4 rings (SSSR count). The summed E-state index contributed by atoms with van der Waals surface area (Å²) in [6.45, 7) is 6.14. The number of carbonyl (C=O) groups is 1. The van der Waals surface area contributed by atoms with Crippen LogP contribution in [0.15, 0.2) is 30.5 Å². The lowest BCUT2D eigenvalue weighted by Gasteiger charge is -2.26. The second kappa shape index (κ2) is 8.48. The molecule has 2 fully saturated rings. The summed E-state index contributed by atoms with van der Waals surface area (Å²) in [7, 11) is 0. The third kappa shape index (κ3) is 4.00. The van der Waals surface area contributed by atoms with Crippen molar-refractivity contribution in [1.82, 2.24) is 19.8 Å². The van der Waals surface area contributed by atoms with Gasteiger partial charge in [0.15, 0.2) is 0 Å². The number of nitrogens with zero attached hydrogens (tertiary/aromatic N) is 3. The first-order valence-corrected chi connectivity index (χ1v) is 10.8. The van der Waals surface area contributed by atoms with E-state index in [0.717, 1.165) is 48.3 Å². The number of carbonyl (C=O) groups excluding carboxylic acids is 1. The van der Waals surface area contributed by atoms with Gasteiger partial charge in [-0.1, -0.05) is 31.7 Å². The normalized spacial score (nSPS) is 21.6. The Hall–Kier alpha value is -2.14. The Morgan fingerprint density at radius 1 is 1.11 bits per heavy atom. The predicted molar refractivity (Wildman–Crippen MR) is 112 cm³/mol. The number of likely N-dealkylation sites (tertiary alicyclic amines) is 1. The lowest BCUT2D eigenvalue weighted by molar-refractivity contribution is 0.0935. The van der Waals surface area contributed by atoms with Gasteiger partial charge in [-0.3, -0.25) is 9.69 Å². The van der Waals surface area contributed by atoms with Gasteiger partial charge in [0.2, 0.25) is 0 Å². The predicted octanol–water partition coefficient (Wildman–Crippen LogP) is 4.02. The number of pyridine rings is 1. The highest BCUT2D eigenvalue weighted by molar-refractivity contribution is 5.96. The first-order chi connectivity index (χ1) is 13.6. The number of aryl methyl sites for hydroxylation is 1. The van der Waals surface area contributed by atoms with Crippen LogP contribution in [0.25, 0.3) is 5.82 Å². The lowest BCUT2D eigenvalue weighted by Crippen LogP contribution is -2.39. The molecule has 1 unspecified atom stereocenters. The maximum Gasteiger partial charge on any atom is 0.253 e. The molecule has 1 aliphatic carbocycles. The van der Waals surface area contributed by atoms with Gasteiger partial charge in [0.25, 0.3) is 5.91 Å². The molecular weight excluding hydrogens is 348 g/mol. The third-order valence-corrected chi connectivity index (χ3v) is 6.45. The lowest BCUT2D eigenvalue weighted by atomic mass is 10.1. The zero-order valence-corrected chi connectivity index (χ0v) is 17.2. The van der Waals surface area contributed by atoms with Gasteiger partial charge in [0.1, 0.15) is 5.82 Å². The fourth-order valence-corrected chi connectivity index (χ4v) is 4.95. The van der Waals surface area contributed by atoms with Gasteiger partial charge in [-0.05, 0) is 51.3 Å². The molecule has 2 aromatic rings. The van der Waals surface area contributed by atoms with Gasteiger partial charge >= 0.3 is 0 Å². The van der Waals surface area contributed by atoms with Gasteiger partial charge in [-0.15, -0.1) is 0 Å². The molecule has 1 N–H and O–H groups in total. The van der Waals surface area contributed by atoms with Crippen molar-refractivity contribution < 1.29 is 4.79 Å². The Bertz CT molecular complexity index is 806. The molecule has 1 saturated carbocycles. The van der Waals surface area contributed by atoms with Crippen LogP contribution in [0.1, 0.15) is 66.7 Å². The van der Waals surface area contributed by atoms with E-state index in [1.54, 1.807) is 6.20 Å². The van der Waals surface area contributed by atoms with Crippen molar-refractivity contribution in [2.24, 2.45) is 0 Å². The van der Waals surface area contributed by atoms with Gasteiger partial charge < -0.3 is 9.88 Å². The molecule has 0 bridgehead atoms. The van der Waals surface area contributed by atoms with Crippen LogP contribution in [-0.4, -0.2) is 45.5 Å². The average molecular weight is 381 g/mol. The van der Waals surface area contributed by atoms with Crippen molar-refractivity contribution in [2.75, 3.05) is 13.1 Å². The highest BCUT2D eigenvalue weighted by Gasteiger charge is 2.30. The van der Waals surface area contributed by atoms with Gasteiger partial charge in [-0.2, -0.15) is 0 Å². The minimum Gasteiger partial charge on any atom is -0.348 e. The van der Waals surface area contributed by atoms with Crippen molar-refractivity contribution in [3.63, 3.8) is 0 Å². The smallest absolute Gasteiger partial charge is 0.253 e. The molecule has 2 aliphatic rings. The molecule has 1 saturated heterocycles. The van der Waals surface area contributed by atoms with E-state index >= 15 is 0 Å². The molecule has 5 heteroatoms. The molecule has 1 amide bonds. The minimum absolute atomic E-state index is 0.0444. The van der Waals surface area contributed by atoms with Crippen LogP contribution in [0, 0.1) is 13.8 Å². The van der Waals surface area contributed by atoms with Crippen LogP contribution >= 0.6 is 0 Å². The summed E-state index contributed by atoms with van der Waals surface area (Å²) in [6, 6.07) is 8.82. The van der Waals surface area contributed by atoms with Crippen molar-refractivity contribution in [3.8, 4) is 5.82 Å². The summed E-state index contributed by atoms with van der Waals surface area (Å²) in [5, 5.41) is 3.30. The van der Waals surface area contributed by atoms with Gasteiger partial charge in [0.05, 0.1) is 5.56 Å². The molecule has 0 spiro atoms. The first kappa shape index (κ1) is 19.2. The van der Waals surface area contributed by atoms with Crippen LogP contribution in [0.3, 0.4) is 0 Å². The minimum atomic E-state index is 0.0444. The van der Waals surface area contributed by atoms with E-state index in [9.17, 15) is 4.79 Å². The van der Waals surface area contributed by atoms with Gasteiger partial charge in [-0.25, -0.2) is 4.98 Å². The highest BCUT2D eigenvalue weighted by atomic mass is 16.1. The SMILES string of the molecule is Cc1cc(C(=O)NC2CCN(C3CCCCCC3)C2)c(C)n1-c1ccccn1. The van der Waals surface area contributed by atoms with E-state index in [1.807, 2.05) is 38.1 Å². The zero-order valence-electron chi connectivity index (χ0n) is 17.2. The monoisotopic (exact) mass is 380 g/mol. The summed E-state index contributed by atoms with van der Waals surface area (Å²) in [6.07, 6.45) is 11.0. The Morgan fingerprint density at radius 3 is 2.61 bits per heavy atom. The molecule has 0 radical (unpaired) electrons. The standard InChI is InChI=1S/C23H32N4O/c1-17-15-21(18(2)27(17)22-11-7-8-13-24-22)23(28)25-19-12-14-26(16-19)20-9-5-3-4-6-10-20/h7-8,11,13,15,19-20H,3-6,9-10,12,14,16H2,1-2H3,(H,25,28). The second-order valence-corrected chi connectivity index (χ2v) is 8.41. The maximum absolute atomic E-state index is 13.0. The van der Waals surface area contributed by atoms with E-state index in [1.165, 1.54) is 38.5 Å². The third-order valence-electron chi connectivity index (χ3n) is 6.45. The van der Waals surface area contributed by atoms with E-state index in [2.05, 4.69) is 19.8 Å². The quantitative estimate of drug-likeness (QED) is 0.815. The Kier molecular flexibility index (Phi) is 5.81. The number of amides is 1.